The fourth-order valence-electron chi connectivity index (χ4n) is 3.07. The summed E-state index contributed by atoms with van der Waals surface area (Å²) in [5.74, 6) is -0.245. The number of sulfonamides is 2. The number of ether oxygens (including phenoxy) is 1. The summed E-state index contributed by atoms with van der Waals surface area (Å²) in [7, 11) is -6.63. The van der Waals surface area contributed by atoms with Crippen LogP contribution in [-0.2, 0) is 20.0 Å². The average molecular weight is 538 g/mol. The van der Waals surface area contributed by atoms with E-state index in [0.29, 0.717) is 17.3 Å². The number of aryl methyl sites for hydroxylation is 1. The monoisotopic (exact) mass is 537 g/mol. The first kappa shape index (κ1) is 26.3. The van der Waals surface area contributed by atoms with Crippen molar-refractivity contribution < 1.29 is 26.4 Å². The van der Waals surface area contributed by atoms with Crippen molar-refractivity contribution in [1.29, 1.82) is 0 Å². The largest absolute Gasteiger partial charge is 0.496 e. The molecule has 1 amide bonds. The number of benzene rings is 3. The van der Waals surface area contributed by atoms with Crippen LogP contribution in [0.2, 0.25) is 5.02 Å². The molecule has 0 aliphatic rings. The van der Waals surface area contributed by atoms with Crippen molar-refractivity contribution in [2.24, 2.45) is 0 Å². The average Bonchev–Trinajstić information content (AvgIpc) is 2.81. The van der Waals surface area contributed by atoms with Gasteiger partial charge in [0.25, 0.3) is 26.0 Å². The van der Waals surface area contributed by atoms with Crippen molar-refractivity contribution >= 4 is 48.9 Å². The molecule has 3 N–H and O–H groups in total. The first-order valence-corrected chi connectivity index (χ1v) is 13.7. The summed E-state index contributed by atoms with van der Waals surface area (Å²) in [6.07, 6.45) is 0. The van der Waals surface area contributed by atoms with E-state index in [1.54, 1.807) is 26.0 Å². The van der Waals surface area contributed by atoms with Gasteiger partial charge in [0.05, 0.1) is 28.2 Å². The van der Waals surface area contributed by atoms with Gasteiger partial charge in [-0.2, -0.15) is 0 Å². The minimum absolute atomic E-state index is 0.0693. The van der Waals surface area contributed by atoms with Crippen LogP contribution in [0.5, 0.6) is 5.75 Å². The maximum atomic E-state index is 12.9. The van der Waals surface area contributed by atoms with Gasteiger partial charge in [-0.1, -0.05) is 17.7 Å². The Morgan fingerprint density at radius 3 is 2.03 bits per heavy atom. The van der Waals surface area contributed by atoms with E-state index in [-0.39, 0.29) is 26.8 Å². The van der Waals surface area contributed by atoms with Gasteiger partial charge in [-0.3, -0.25) is 14.2 Å². The molecule has 0 radical (unpaired) electrons. The molecule has 0 atom stereocenters. The lowest BCUT2D eigenvalue weighted by Crippen LogP contribution is -2.24. The SMILES string of the molecule is CCNC(=O)c1cc(S(=O)(=O)Nc2ccc(S(=O)(=O)Nc3ccc(C)c(Cl)c3)cc2)ccc1OC. The van der Waals surface area contributed by atoms with Gasteiger partial charge in [0, 0.05) is 17.3 Å². The molecule has 0 aromatic heterocycles. The van der Waals surface area contributed by atoms with Crippen LogP contribution in [0.15, 0.2) is 70.5 Å². The van der Waals surface area contributed by atoms with Crippen LogP contribution in [0.4, 0.5) is 11.4 Å². The van der Waals surface area contributed by atoms with Gasteiger partial charge in [-0.15, -0.1) is 0 Å². The summed E-state index contributed by atoms with van der Waals surface area (Å²) in [5.41, 5.74) is 1.31. The Hall–Kier alpha value is -3.28. The molecule has 9 nitrogen and oxygen atoms in total. The van der Waals surface area contributed by atoms with E-state index in [4.69, 9.17) is 16.3 Å². The van der Waals surface area contributed by atoms with Crippen molar-refractivity contribution in [2.75, 3.05) is 23.1 Å². The van der Waals surface area contributed by atoms with Gasteiger partial charge in [0.15, 0.2) is 0 Å². The highest BCUT2D eigenvalue weighted by Crippen LogP contribution is 2.26. The van der Waals surface area contributed by atoms with E-state index in [9.17, 15) is 21.6 Å². The summed E-state index contributed by atoms with van der Waals surface area (Å²) in [4.78, 5) is 12.1. The maximum absolute atomic E-state index is 12.9. The molecule has 0 unspecified atom stereocenters. The zero-order chi connectivity index (χ0) is 25.8. The summed E-state index contributed by atoms with van der Waals surface area (Å²) in [6.45, 7) is 3.90. The van der Waals surface area contributed by atoms with Gasteiger partial charge in [-0.05, 0) is 74.0 Å². The van der Waals surface area contributed by atoms with E-state index in [2.05, 4.69) is 14.8 Å². The van der Waals surface area contributed by atoms with E-state index in [1.165, 1.54) is 55.6 Å². The number of rotatable bonds is 9. The van der Waals surface area contributed by atoms with Gasteiger partial charge in [0.2, 0.25) is 0 Å². The molecule has 12 heteroatoms. The molecule has 186 valence electrons. The second-order valence-electron chi connectivity index (χ2n) is 7.42. The Morgan fingerprint density at radius 2 is 1.43 bits per heavy atom. The Bertz CT molecular complexity index is 1460. The summed E-state index contributed by atoms with van der Waals surface area (Å²) < 4.78 is 61.1. The summed E-state index contributed by atoms with van der Waals surface area (Å²) in [6, 6.07) is 13.9. The van der Waals surface area contributed by atoms with Crippen LogP contribution in [0.25, 0.3) is 0 Å². The van der Waals surface area contributed by atoms with Crippen LogP contribution in [0, 0.1) is 6.92 Å². The third kappa shape index (κ3) is 6.24. The zero-order valence-corrected chi connectivity index (χ0v) is 21.5. The third-order valence-corrected chi connectivity index (χ3v) is 8.09. The molecule has 0 bridgehead atoms. The molecule has 0 heterocycles. The smallest absolute Gasteiger partial charge is 0.261 e. The summed E-state index contributed by atoms with van der Waals surface area (Å²) in [5, 5.41) is 3.02. The molecule has 0 fully saturated rings. The van der Waals surface area contributed by atoms with Gasteiger partial charge < -0.3 is 10.1 Å². The fourth-order valence-corrected chi connectivity index (χ4v) is 5.39. The Balaban J connectivity index is 1.81. The third-order valence-electron chi connectivity index (χ3n) is 4.90. The molecule has 0 saturated carbocycles. The summed E-state index contributed by atoms with van der Waals surface area (Å²) >= 11 is 6.05. The van der Waals surface area contributed by atoms with Crippen LogP contribution in [0.1, 0.15) is 22.8 Å². The fraction of sp³-hybridized carbons (Fsp3) is 0.174. The minimum Gasteiger partial charge on any atom is -0.496 e. The van der Waals surface area contributed by atoms with Crippen LogP contribution in [-0.4, -0.2) is 36.4 Å². The number of amides is 1. The van der Waals surface area contributed by atoms with Crippen molar-refractivity contribution in [3.8, 4) is 5.75 Å². The molecule has 0 saturated heterocycles. The van der Waals surface area contributed by atoms with E-state index in [0.717, 1.165) is 5.56 Å². The van der Waals surface area contributed by atoms with E-state index < -0.39 is 26.0 Å². The Morgan fingerprint density at radius 1 is 0.857 bits per heavy atom. The predicted molar refractivity (Wildman–Crippen MR) is 135 cm³/mol. The second-order valence-corrected chi connectivity index (χ2v) is 11.2. The van der Waals surface area contributed by atoms with Gasteiger partial charge in [-0.25, -0.2) is 16.8 Å². The molecule has 0 spiro atoms. The number of nitrogens with one attached hydrogen (secondary N) is 3. The molecule has 3 rings (SSSR count). The van der Waals surface area contributed by atoms with E-state index in [1.807, 2.05) is 0 Å². The van der Waals surface area contributed by atoms with Gasteiger partial charge in [0.1, 0.15) is 5.75 Å². The van der Waals surface area contributed by atoms with E-state index >= 15 is 0 Å². The molecule has 3 aromatic carbocycles. The lowest BCUT2D eigenvalue weighted by atomic mass is 10.2. The molecule has 3 aromatic rings. The lowest BCUT2D eigenvalue weighted by Gasteiger charge is -2.13. The van der Waals surface area contributed by atoms with Crippen molar-refractivity contribution in [1.82, 2.24) is 5.32 Å². The number of hydrogen-bond acceptors (Lipinski definition) is 6. The quantitative estimate of drug-likeness (QED) is 0.378. The van der Waals surface area contributed by atoms with Gasteiger partial charge >= 0.3 is 0 Å². The van der Waals surface area contributed by atoms with Crippen molar-refractivity contribution in [3.05, 3.63) is 76.8 Å². The Labute approximate surface area is 209 Å². The van der Waals surface area contributed by atoms with Crippen LogP contribution >= 0.6 is 11.6 Å². The maximum Gasteiger partial charge on any atom is 0.261 e. The normalized spacial score (nSPS) is 11.5. The second kappa shape index (κ2) is 10.5. The predicted octanol–water partition coefficient (Wildman–Crippen LogP) is 4.01. The molecule has 0 aliphatic carbocycles. The zero-order valence-electron chi connectivity index (χ0n) is 19.1. The molecule has 35 heavy (non-hydrogen) atoms. The molecular weight excluding hydrogens is 514 g/mol. The molecular formula is C23H24ClN3O6S2. The topological polar surface area (TPSA) is 131 Å². The number of anilines is 2. The highest BCUT2D eigenvalue weighted by Gasteiger charge is 2.21. The van der Waals surface area contributed by atoms with Crippen molar-refractivity contribution in [3.63, 3.8) is 0 Å². The first-order valence-electron chi connectivity index (χ1n) is 10.3. The number of hydrogen-bond donors (Lipinski definition) is 3. The van der Waals surface area contributed by atoms with Crippen molar-refractivity contribution in [2.45, 2.75) is 23.6 Å². The lowest BCUT2D eigenvalue weighted by molar-refractivity contribution is 0.0952. The number of halogens is 1. The van der Waals surface area contributed by atoms with Crippen LogP contribution in [0.3, 0.4) is 0 Å². The standard InChI is InChI=1S/C23H24ClN3O6S2/c1-4-25-23(28)20-14-19(11-12-22(20)33-3)35(31,32)26-16-7-9-18(10-8-16)34(29,30)27-17-6-5-15(2)21(24)13-17/h5-14,26-27H,4H2,1-3H3,(H,25,28). The highest BCUT2D eigenvalue weighted by molar-refractivity contribution is 7.93. The Kier molecular flexibility index (Phi) is 7.93. The molecule has 0 aliphatic heterocycles. The number of carbonyl (C=O) groups excluding carboxylic acids is 1. The number of methoxy groups -OCH3 is 1. The highest BCUT2D eigenvalue weighted by atomic mass is 35.5. The minimum atomic E-state index is -4.08. The number of carbonyl (C=O) groups is 1. The van der Waals surface area contributed by atoms with Crippen LogP contribution < -0.4 is 19.5 Å². The first-order chi connectivity index (χ1) is 16.5.